The number of nitrogens with two attached hydrogens (primary N) is 1. The van der Waals surface area contributed by atoms with Crippen molar-refractivity contribution < 1.29 is 13.2 Å². The summed E-state index contributed by atoms with van der Waals surface area (Å²) in [5.41, 5.74) is 5.94. The molecule has 4 N–H and O–H groups in total. The highest BCUT2D eigenvalue weighted by Crippen LogP contribution is 2.16. The van der Waals surface area contributed by atoms with E-state index >= 15 is 0 Å². The van der Waals surface area contributed by atoms with Crippen molar-refractivity contribution in [3.63, 3.8) is 0 Å². The van der Waals surface area contributed by atoms with Crippen LogP contribution in [-0.2, 0) is 14.8 Å². The number of hydrogen-bond donors (Lipinski definition) is 3. The molecule has 0 heterocycles. The zero-order chi connectivity index (χ0) is 15.9. The van der Waals surface area contributed by atoms with Gasteiger partial charge >= 0.3 is 0 Å². The van der Waals surface area contributed by atoms with Gasteiger partial charge in [0.2, 0.25) is 15.9 Å². The lowest BCUT2D eigenvalue weighted by molar-refractivity contribution is -0.116. The molecular formula is C14H23N3O3S. The minimum absolute atomic E-state index is 0.124. The summed E-state index contributed by atoms with van der Waals surface area (Å²) in [5, 5.41) is 2.71. The highest BCUT2D eigenvalue weighted by molar-refractivity contribution is 7.89. The standard InChI is InChI=1S/C14H23N3O3S/c1-11(8-9-15)6-7-14(18)17-12-4-3-5-13(10-12)21(19,20)16-2/h3-5,10-11,16H,6-9,15H2,1-2H3,(H,17,18). The third-order valence-electron chi connectivity index (χ3n) is 3.22. The van der Waals surface area contributed by atoms with Crippen LogP contribution in [0, 0.1) is 5.92 Å². The predicted octanol–water partition coefficient (Wildman–Crippen LogP) is 1.30. The molecule has 1 rings (SSSR count). The lowest BCUT2D eigenvalue weighted by atomic mass is 10.0. The van der Waals surface area contributed by atoms with E-state index in [1.807, 2.05) is 0 Å². The van der Waals surface area contributed by atoms with Gasteiger partial charge in [-0.05, 0) is 50.6 Å². The van der Waals surface area contributed by atoms with Crippen LogP contribution in [-0.4, -0.2) is 27.9 Å². The van der Waals surface area contributed by atoms with Crippen LogP contribution in [0.2, 0.25) is 0 Å². The number of nitrogens with one attached hydrogen (secondary N) is 2. The second-order valence-electron chi connectivity index (χ2n) is 5.00. The van der Waals surface area contributed by atoms with E-state index in [-0.39, 0.29) is 10.8 Å². The molecule has 7 heteroatoms. The SMILES string of the molecule is CNS(=O)(=O)c1cccc(NC(=O)CCC(C)CCN)c1. The molecule has 0 aliphatic heterocycles. The molecular weight excluding hydrogens is 290 g/mol. The molecule has 0 spiro atoms. The summed E-state index contributed by atoms with van der Waals surface area (Å²) < 4.78 is 25.6. The Balaban J connectivity index is 2.63. The molecule has 0 fully saturated rings. The first-order valence-electron chi connectivity index (χ1n) is 6.92. The van der Waals surface area contributed by atoms with Gasteiger partial charge in [0.25, 0.3) is 0 Å². The van der Waals surface area contributed by atoms with Gasteiger partial charge in [0.05, 0.1) is 4.90 Å². The largest absolute Gasteiger partial charge is 0.330 e. The highest BCUT2D eigenvalue weighted by Gasteiger charge is 2.12. The zero-order valence-electron chi connectivity index (χ0n) is 12.4. The van der Waals surface area contributed by atoms with E-state index in [1.165, 1.54) is 19.2 Å². The van der Waals surface area contributed by atoms with Crippen molar-refractivity contribution in [1.82, 2.24) is 4.72 Å². The van der Waals surface area contributed by atoms with Crippen molar-refractivity contribution in [2.75, 3.05) is 18.9 Å². The van der Waals surface area contributed by atoms with Crippen molar-refractivity contribution >= 4 is 21.6 Å². The van der Waals surface area contributed by atoms with Crippen LogP contribution in [0.25, 0.3) is 0 Å². The first-order valence-corrected chi connectivity index (χ1v) is 8.41. The van der Waals surface area contributed by atoms with E-state index < -0.39 is 10.0 Å². The van der Waals surface area contributed by atoms with Crippen LogP contribution in [0.4, 0.5) is 5.69 Å². The minimum atomic E-state index is -3.50. The zero-order valence-corrected chi connectivity index (χ0v) is 13.2. The van der Waals surface area contributed by atoms with E-state index in [4.69, 9.17) is 5.73 Å². The lowest BCUT2D eigenvalue weighted by Crippen LogP contribution is -2.19. The van der Waals surface area contributed by atoms with Gasteiger partial charge in [-0.3, -0.25) is 4.79 Å². The molecule has 1 atom stereocenters. The Labute approximate surface area is 126 Å². The molecule has 1 unspecified atom stereocenters. The topological polar surface area (TPSA) is 101 Å². The molecule has 1 aromatic carbocycles. The summed E-state index contributed by atoms with van der Waals surface area (Å²) in [6, 6.07) is 6.17. The van der Waals surface area contributed by atoms with Gasteiger partial charge in [-0.2, -0.15) is 0 Å². The van der Waals surface area contributed by atoms with E-state index in [0.29, 0.717) is 24.6 Å². The summed E-state index contributed by atoms with van der Waals surface area (Å²) in [7, 11) is -2.16. The second-order valence-corrected chi connectivity index (χ2v) is 6.89. The number of amides is 1. The molecule has 0 saturated heterocycles. The van der Waals surface area contributed by atoms with Crippen molar-refractivity contribution in [3.8, 4) is 0 Å². The van der Waals surface area contributed by atoms with Crippen LogP contribution in [0.5, 0.6) is 0 Å². The number of anilines is 1. The Morgan fingerprint density at radius 1 is 1.33 bits per heavy atom. The summed E-state index contributed by atoms with van der Waals surface area (Å²) in [4.78, 5) is 12.0. The third-order valence-corrected chi connectivity index (χ3v) is 4.63. The summed E-state index contributed by atoms with van der Waals surface area (Å²) in [6.07, 6.45) is 2.05. The van der Waals surface area contributed by atoms with Crippen molar-refractivity contribution in [2.24, 2.45) is 11.7 Å². The average molecular weight is 313 g/mol. The van der Waals surface area contributed by atoms with Gasteiger partial charge in [0.15, 0.2) is 0 Å². The fraction of sp³-hybridized carbons (Fsp3) is 0.500. The molecule has 0 saturated carbocycles. The molecule has 118 valence electrons. The molecule has 0 bridgehead atoms. The summed E-state index contributed by atoms with van der Waals surface area (Å²) >= 11 is 0. The molecule has 6 nitrogen and oxygen atoms in total. The molecule has 0 aromatic heterocycles. The van der Waals surface area contributed by atoms with E-state index in [1.54, 1.807) is 12.1 Å². The first-order chi connectivity index (χ1) is 9.89. The molecule has 0 aliphatic rings. The van der Waals surface area contributed by atoms with Gasteiger partial charge in [-0.1, -0.05) is 13.0 Å². The maximum atomic E-state index is 11.8. The van der Waals surface area contributed by atoms with Crippen molar-refractivity contribution in [2.45, 2.75) is 31.1 Å². The number of rotatable bonds is 8. The molecule has 21 heavy (non-hydrogen) atoms. The number of benzene rings is 1. The van der Waals surface area contributed by atoms with E-state index in [9.17, 15) is 13.2 Å². The first kappa shape index (κ1) is 17.6. The minimum Gasteiger partial charge on any atom is -0.330 e. The van der Waals surface area contributed by atoms with E-state index in [2.05, 4.69) is 17.0 Å². The molecule has 0 radical (unpaired) electrons. The third kappa shape index (κ3) is 5.82. The maximum absolute atomic E-state index is 11.8. The monoisotopic (exact) mass is 313 g/mol. The Morgan fingerprint density at radius 2 is 2.05 bits per heavy atom. The van der Waals surface area contributed by atoms with Crippen LogP contribution in [0.3, 0.4) is 0 Å². The Kier molecular flexibility index (Phi) is 6.80. The van der Waals surface area contributed by atoms with Gasteiger partial charge in [-0.25, -0.2) is 13.1 Å². The summed E-state index contributed by atoms with van der Waals surface area (Å²) in [6.45, 7) is 2.67. The normalized spacial score (nSPS) is 12.9. The lowest BCUT2D eigenvalue weighted by Gasteiger charge is -2.10. The maximum Gasteiger partial charge on any atom is 0.240 e. The number of sulfonamides is 1. The molecule has 1 amide bonds. The van der Waals surface area contributed by atoms with Crippen molar-refractivity contribution in [3.05, 3.63) is 24.3 Å². The van der Waals surface area contributed by atoms with Crippen LogP contribution in [0.1, 0.15) is 26.2 Å². The van der Waals surface area contributed by atoms with Gasteiger partial charge in [-0.15, -0.1) is 0 Å². The van der Waals surface area contributed by atoms with Crippen LogP contribution in [0.15, 0.2) is 29.2 Å². The van der Waals surface area contributed by atoms with Gasteiger partial charge < -0.3 is 11.1 Å². The Bertz CT molecular complexity index is 573. The predicted molar refractivity (Wildman–Crippen MR) is 83.4 cm³/mol. The smallest absolute Gasteiger partial charge is 0.240 e. The molecule has 1 aromatic rings. The summed E-state index contributed by atoms with van der Waals surface area (Å²) in [5.74, 6) is 0.273. The fourth-order valence-electron chi connectivity index (χ4n) is 1.89. The van der Waals surface area contributed by atoms with Crippen molar-refractivity contribution in [1.29, 1.82) is 0 Å². The van der Waals surface area contributed by atoms with Crippen LogP contribution >= 0.6 is 0 Å². The number of carbonyl (C=O) groups is 1. The quantitative estimate of drug-likeness (QED) is 0.673. The molecule has 0 aliphatic carbocycles. The fourth-order valence-corrected chi connectivity index (χ4v) is 2.66. The van der Waals surface area contributed by atoms with Gasteiger partial charge in [0, 0.05) is 12.1 Å². The Hall–Kier alpha value is -1.44. The number of hydrogen-bond acceptors (Lipinski definition) is 4. The Morgan fingerprint density at radius 3 is 2.67 bits per heavy atom. The van der Waals surface area contributed by atoms with Gasteiger partial charge in [0.1, 0.15) is 0 Å². The van der Waals surface area contributed by atoms with Crippen LogP contribution < -0.4 is 15.8 Å². The number of carbonyl (C=O) groups excluding carboxylic acids is 1. The highest BCUT2D eigenvalue weighted by atomic mass is 32.2. The average Bonchev–Trinajstić information content (AvgIpc) is 2.46. The van der Waals surface area contributed by atoms with E-state index in [0.717, 1.165) is 12.8 Å². The second kappa shape index (κ2) is 8.11.